The van der Waals surface area contributed by atoms with Crippen molar-refractivity contribution >= 4 is 12.1 Å². The number of carbonyl (C=O) groups is 2. The SMILES string of the molecule is CC(=O)C1CC1COc1ccc(-c2cc(OC(C)C)ccc2F)cc1CC=O. The molecule has 2 aromatic carbocycles. The van der Waals surface area contributed by atoms with Gasteiger partial charge in [-0.25, -0.2) is 4.39 Å². The van der Waals surface area contributed by atoms with Crippen LogP contribution in [-0.4, -0.2) is 24.8 Å². The van der Waals surface area contributed by atoms with E-state index in [0.717, 1.165) is 12.7 Å². The van der Waals surface area contributed by atoms with Crippen molar-refractivity contribution in [1.29, 1.82) is 0 Å². The third-order valence-corrected chi connectivity index (χ3v) is 4.88. The monoisotopic (exact) mass is 384 g/mol. The molecule has 0 amide bonds. The molecule has 0 aliphatic heterocycles. The maximum atomic E-state index is 14.4. The van der Waals surface area contributed by atoms with Gasteiger partial charge in [0.25, 0.3) is 0 Å². The van der Waals surface area contributed by atoms with Crippen molar-refractivity contribution in [3.8, 4) is 22.6 Å². The van der Waals surface area contributed by atoms with Crippen LogP contribution in [0.4, 0.5) is 4.39 Å². The summed E-state index contributed by atoms with van der Waals surface area (Å²) in [5, 5.41) is 0. The summed E-state index contributed by atoms with van der Waals surface area (Å²) < 4.78 is 25.9. The van der Waals surface area contributed by atoms with E-state index in [4.69, 9.17) is 9.47 Å². The van der Waals surface area contributed by atoms with Crippen LogP contribution >= 0.6 is 0 Å². The Kier molecular flexibility index (Phi) is 6.12. The highest BCUT2D eigenvalue weighted by atomic mass is 19.1. The predicted octanol–water partition coefficient (Wildman–Crippen LogP) is 4.63. The molecule has 0 bridgehead atoms. The van der Waals surface area contributed by atoms with Crippen molar-refractivity contribution in [2.75, 3.05) is 6.61 Å². The number of hydrogen-bond acceptors (Lipinski definition) is 4. The first-order valence-electron chi connectivity index (χ1n) is 9.55. The van der Waals surface area contributed by atoms with Gasteiger partial charge in [-0.1, -0.05) is 6.07 Å². The Labute approximate surface area is 164 Å². The van der Waals surface area contributed by atoms with Gasteiger partial charge in [0.15, 0.2) is 0 Å². The Balaban J connectivity index is 1.82. The third-order valence-electron chi connectivity index (χ3n) is 4.88. The molecule has 2 unspecified atom stereocenters. The van der Waals surface area contributed by atoms with Crippen molar-refractivity contribution in [2.45, 2.75) is 39.7 Å². The average molecular weight is 384 g/mol. The second kappa shape index (κ2) is 8.55. The number of halogens is 1. The molecule has 3 rings (SSSR count). The van der Waals surface area contributed by atoms with E-state index < -0.39 is 0 Å². The quantitative estimate of drug-likeness (QED) is 0.592. The molecule has 0 heterocycles. The summed E-state index contributed by atoms with van der Waals surface area (Å²) in [4.78, 5) is 22.5. The first-order chi connectivity index (χ1) is 13.4. The molecule has 1 fully saturated rings. The standard InChI is InChI=1S/C23H25FO4/c1-14(2)28-19-5-6-22(24)21(12-19)16-4-7-23(17(10-16)8-9-25)27-13-18-11-20(18)15(3)26/h4-7,9-10,12,14,18,20H,8,11,13H2,1-3H3. The molecule has 1 aliphatic rings. The molecule has 5 heteroatoms. The zero-order valence-electron chi connectivity index (χ0n) is 16.4. The summed E-state index contributed by atoms with van der Waals surface area (Å²) in [5.74, 6) is 1.35. The van der Waals surface area contributed by atoms with Gasteiger partial charge in [-0.05, 0) is 63.1 Å². The maximum Gasteiger partial charge on any atom is 0.133 e. The van der Waals surface area contributed by atoms with E-state index in [-0.39, 0.29) is 36.0 Å². The lowest BCUT2D eigenvalue weighted by molar-refractivity contribution is -0.118. The molecule has 0 N–H and O–H groups in total. The zero-order valence-corrected chi connectivity index (χ0v) is 16.4. The Morgan fingerprint density at radius 3 is 2.68 bits per heavy atom. The number of rotatable bonds is 9. The minimum absolute atomic E-state index is 0.0130. The average Bonchev–Trinajstić information content (AvgIpc) is 3.42. The molecule has 1 saturated carbocycles. The minimum atomic E-state index is -0.357. The first kappa shape index (κ1) is 20.1. The van der Waals surface area contributed by atoms with Gasteiger partial charge in [0.05, 0.1) is 12.7 Å². The van der Waals surface area contributed by atoms with Gasteiger partial charge in [-0.2, -0.15) is 0 Å². The molecule has 1 aliphatic carbocycles. The third kappa shape index (κ3) is 4.77. The molecule has 0 aromatic heterocycles. The fourth-order valence-corrected chi connectivity index (χ4v) is 3.33. The number of benzene rings is 2. The van der Waals surface area contributed by atoms with Gasteiger partial charge in [0, 0.05) is 29.4 Å². The number of Topliss-reactive ketones (excluding diaryl/α,β-unsaturated/α-hetero) is 1. The van der Waals surface area contributed by atoms with E-state index in [2.05, 4.69) is 0 Å². The van der Waals surface area contributed by atoms with Crippen molar-refractivity contribution in [3.63, 3.8) is 0 Å². The van der Waals surface area contributed by atoms with Crippen molar-refractivity contribution in [2.24, 2.45) is 11.8 Å². The largest absolute Gasteiger partial charge is 0.493 e. The minimum Gasteiger partial charge on any atom is -0.493 e. The molecule has 28 heavy (non-hydrogen) atoms. The number of carbonyl (C=O) groups excluding carboxylic acids is 2. The van der Waals surface area contributed by atoms with Crippen molar-refractivity contribution in [1.82, 2.24) is 0 Å². The summed E-state index contributed by atoms with van der Waals surface area (Å²) in [7, 11) is 0. The van der Waals surface area contributed by atoms with Crippen molar-refractivity contribution < 1.29 is 23.5 Å². The van der Waals surface area contributed by atoms with Gasteiger partial charge in [0.1, 0.15) is 29.4 Å². The lowest BCUT2D eigenvalue weighted by Gasteiger charge is -2.14. The Morgan fingerprint density at radius 2 is 2.04 bits per heavy atom. The molecular formula is C23H25FO4. The molecule has 2 aromatic rings. The molecule has 2 atom stereocenters. The zero-order chi connectivity index (χ0) is 20.3. The molecular weight excluding hydrogens is 359 g/mol. The van der Waals surface area contributed by atoms with Gasteiger partial charge in [-0.3, -0.25) is 4.79 Å². The molecule has 0 radical (unpaired) electrons. The van der Waals surface area contributed by atoms with Crippen LogP contribution in [0.5, 0.6) is 11.5 Å². The Bertz CT molecular complexity index is 875. The first-order valence-corrected chi connectivity index (χ1v) is 9.55. The van der Waals surface area contributed by atoms with Crippen LogP contribution in [0, 0.1) is 17.7 Å². The van der Waals surface area contributed by atoms with E-state index >= 15 is 0 Å². The van der Waals surface area contributed by atoms with Crippen LogP contribution < -0.4 is 9.47 Å². The number of ether oxygens (including phenoxy) is 2. The summed E-state index contributed by atoms with van der Waals surface area (Å²) in [5.41, 5.74) is 1.77. The lowest BCUT2D eigenvalue weighted by Crippen LogP contribution is -2.07. The molecule has 0 spiro atoms. The van der Waals surface area contributed by atoms with E-state index in [9.17, 15) is 14.0 Å². The van der Waals surface area contributed by atoms with Crippen LogP contribution in [0.2, 0.25) is 0 Å². The Hall–Kier alpha value is -2.69. The highest BCUT2D eigenvalue weighted by Gasteiger charge is 2.41. The fourth-order valence-electron chi connectivity index (χ4n) is 3.33. The van der Waals surface area contributed by atoms with Crippen LogP contribution in [0.3, 0.4) is 0 Å². The second-order valence-corrected chi connectivity index (χ2v) is 7.53. The summed E-state index contributed by atoms with van der Waals surface area (Å²) in [6.45, 7) is 5.87. The molecule has 0 saturated heterocycles. The van der Waals surface area contributed by atoms with E-state index in [1.165, 1.54) is 6.07 Å². The van der Waals surface area contributed by atoms with Crippen molar-refractivity contribution in [3.05, 3.63) is 47.8 Å². The van der Waals surface area contributed by atoms with Gasteiger partial charge in [-0.15, -0.1) is 0 Å². The lowest BCUT2D eigenvalue weighted by atomic mass is 10.0. The normalized spacial score (nSPS) is 18.0. The smallest absolute Gasteiger partial charge is 0.133 e. The Morgan fingerprint density at radius 1 is 1.25 bits per heavy atom. The van der Waals surface area contributed by atoms with E-state index in [0.29, 0.717) is 34.8 Å². The van der Waals surface area contributed by atoms with Gasteiger partial charge in [0.2, 0.25) is 0 Å². The number of ketones is 1. The van der Waals surface area contributed by atoms with Crippen LogP contribution in [0.1, 0.15) is 32.8 Å². The highest BCUT2D eigenvalue weighted by molar-refractivity contribution is 5.81. The fraction of sp³-hybridized carbons (Fsp3) is 0.391. The summed E-state index contributed by atoms with van der Waals surface area (Å²) in [6.07, 6.45) is 1.81. The van der Waals surface area contributed by atoms with Crippen LogP contribution in [0.15, 0.2) is 36.4 Å². The number of hydrogen-bond donors (Lipinski definition) is 0. The van der Waals surface area contributed by atoms with Gasteiger partial charge >= 0.3 is 0 Å². The van der Waals surface area contributed by atoms with E-state index in [1.54, 1.807) is 37.3 Å². The van der Waals surface area contributed by atoms with Crippen LogP contribution in [0.25, 0.3) is 11.1 Å². The summed E-state index contributed by atoms with van der Waals surface area (Å²) >= 11 is 0. The highest BCUT2D eigenvalue weighted by Crippen LogP contribution is 2.40. The van der Waals surface area contributed by atoms with Crippen LogP contribution in [-0.2, 0) is 16.0 Å². The predicted molar refractivity (Wildman–Crippen MR) is 105 cm³/mol. The number of aldehydes is 1. The second-order valence-electron chi connectivity index (χ2n) is 7.53. The maximum absolute atomic E-state index is 14.4. The van der Waals surface area contributed by atoms with Gasteiger partial charge < -0.3 is 14.3 Å². The topological polar surface area (TPSA) is 52.6 Å². The molecule has 4 nitrogen and oxygen atoms in total. The van der Waals surface area contributed by atoms with E-state index in [1.807, 2.05) is 13.8 Å². The molecule has 148 valence electrons. The summed E-state index contributed by atoms with van der Waals surface area (Å²) in [6, 6.07) is 9.95.